The van der Waals surface area contributed by atoms with Gasteiger partial charge in [-0.25, -0.2) is 8.78 Å². The smallest absolute Gasteiger partial charge is 0.133 e. The maximum Gasteiger partial charge on any atom is 0.133 e. The van der Waals surface area contributed by atoms with Crippen molar-refractivity contribution < 1.29 is 8.78 Å². The Bertz CT molecular complexity index is 650. The van der Waals surface area contributed by atoms with E-state index in [0.29, 0.717) is 5.56 Å². The van der Waals surface area contributed by atoms with Crippen LogP contribution in [-0.2, 0) is 12.8 Å². The lowest BCUT2D eigenvalue weighted by Crippen LogP contribution is -2.05. The molecule has 1 unspecified atom stereocenters. The highest BCUT2D eigenvalue weighted by Crippen LogP contribution is 2.37. The number of alkyl halides is 1. The van der Waals surface area contributed by atoms with Gasteiger partial charge in [0.05, 0.1) is 4.83 Å². The Morgan fingerprint density at radius 1 is 1.05 bits per heavy atom. The Kier molecular flexibility index (Phi) is 5.15. The van der Waals surface area contributed by atoms with Crippen molar-refractivity contribution in [3.8, 4) is 0 Å². The summed E-state index contributed by atoms with van der Waals surface area (Å²) in [6.07, 6.45) is 1.73. The molecule has 2 aromatic rings. The van der Waals surface area contributed by atoms with Crippen LogP contribution in [0.25, 0.3) is 0 Å². The Hall–Kier alpha value is -1.22. The number of hydrogen-bond donors (Lipinski definition) is 0. The van der Waals surface area contributed by atoms with Crippen molar-refractivity contribution in [2.24, 2.45) is 0 Å². The van der Waals surface area contributed by atoms with Gasteiger partial charge in [0, 0.05) is 5.56 Å². The molecule has 0 bridgehead atoms. The van der Waals surface area contributed by atoms with E-state index < -0.39 is 16.5 Å². The van der Waals surface area contributed by atoms with Crippen LogP contribution in [0.4, 0.5) is 8.78 Å². The average Bonchev–Trinajstić information content (AvgIpc) is 2.50. The molecule has 0 amide bonds. The number of rotatable bonds is 4. The van der Waals surface area contributed by atoms with Crippen LogP contribution in [0.15, 0.2) is 30.3 Å². The lowest BCUT2D eigenvalue weighted by Gasteiger charge is -2.18. The molecule has 2 rings (SSSR count). The summed E-state index contributed by atoms with van der Waals surface area (Å²) in [7, 11) is 0. The largest absolute Gasteiger partial charge is 0.207 e. The summed E-state index contributed by atoms with van der Waals surface area (Å²) in [6, 6.07) is 8.97. The van der Waals surface area contributed by atoms with Crippen molar-refractivity contribution in [2.45, 2.75) is 38.4 Å². The van der Waals surface area contributed by atoms with E-state index >= 15 is 0 Å². The van der Waals surface area contributed by atoms with Gasteiger partial charge in [0.25, 0.3) is 0 Å². The van der Waals surface area contributed by atoms with E-state index in [9.17, 15) is 8.78 Å². The molecule has 112 valence electrons. The first-order valence-corrected chi connectivity index (χ1v) is 8.11. The lowest BCUT2D eigenvalue weighted by molar-refractivity contribution is 0.555. The zero-order valence-corrected chi connectivity index (χ0v) is 14.1. The second-order valence-corrected chi connectivity index (χ2v) is 6.11. The maximum atomic E-state index is 14.3. The highest BCUT2D eigenvalue weighted by atomic mass is 79.9. The summed E-state index contributed by atoms with van der Waals surface area (Å²) in [5.74, 6) is -0.982. The van der Waals surface area contributed by atoms with Gasteiger partial charge in [-0.2, -0.15) is 0 Å². The van der Waals surface area contributed by atoms with Crippen LogP contribution in [0, 0.1) is 18.6 Å². The maximum absolute atomic E-state index is 14.3. The van der Waals surface area contributed by atoms with Gasteiger partial charge in [-0.05, 0) is 48.1 Å². The van der Waals surface area contributed by atoms with E-state index in [4.69, 9.17) is 0 Å². The molecule has 0 nitrogen and oxygen atoms in total. The fourth-order valence-corrected chi connectivity index (χ4v) is 3.33. The molecule has 0 aliphatic carbocycles. The van der Waals surface area contributed by atoms with E-state index in [2.05, 4.69) is 28.9 Å². The summed E-state index contributed by atoms with van der Waals surface area (Å²) in [5, 5.41) is 0. The third-order valence-corrected chi connectivity index (χ3v) is 4.80. The van der Waals surface area contributed by atoms with Crippen LogP contribution >= 0.6 is 15.9 Å². The zero-order valence-electron chi connectivity index (χ0n) is 12.5. The third-order valence-electron chi connectivity index (χ3n) is 3.85. The summed E-state index contributed by atoms with van der Waals surface area (Å²) in [6.45, 7) is 5.77. The van der Waals surface area contributed by atoms with Gasteiger partial charge in [-0.15, -0.1) is 0 Å². The van der Waals surface area contributed by atoms with Crippen molar-refractivity contribution in [1.29, 1.82) is 0 Å². The van der Waals surface area contributed by atoms with E-state index in [1.165, 1.54) is 17.7 Å². The predicted octanol–water partition coefficient (Wildman–Crippen LogP) is 5.88. The normalized spacial score (nSPS) is 12.5. The minimum absolute atomic E-state index is 0.0953. The standard InChI is InChI=1S/C18H19BrF2/c1-4-12-7-8-13(5-2)14(10-12)17(19)16-15(20)9-6-11(3)18(16)21/h6-10,17H,4-5H2,1-3H3. The molecule has 0 fully saturated rings. The highest BCUT2D eigenvalue weighted by molar-refractivity contribution is 9.09. The van der Waals surface area contributed by atoms with Crippen molar-refractivity contribution in [1.82, 2.24) is 0 Å². The molecule has 0 N–H and O–H groups in total. The van der Waals surface area contributed by atoms with Crippen molar-refractivity contribution >= 4 is 15.9 Å². The molecule has 0 spiro atoms. The highest BCUT2D eigenvalue weighted by Gasteiger charge is 2.22. The van der Waals surface area contributed by atoms with E-state index in [1.807, 2.05) is 19.1 Å². The Balaban J connectivity index is 2.59. The fourth-order valence-electron chi connectivity index (χ4n) is 2.49. The van der Waals surface area contributed by atoms with Crippen LogP contribution < -0.4 is 0 Å². The molecule has 2 aromatic carbocycles. The molecule has 0 heterocycles. The van der Waals surface area contributed by atoms with Crippen molar-refractivity contribution in [2.75, 3.05) is 0 Å². The van der Waals surface area contributed by atoms with E-state index in [0.717, 1.165) is 24.0 Å². The number of benzene rings is 2. The fraction of sp³-hybridized carbons (Fsp3) is 0.333. The molecule has 0 radical (unpaired) electrons. The molecule has 1 atom stereocenters. The third kappa shape index (κ3) is 3.18. The monoisotopic (exact) mass is 352 g/mol. The van der Waals surface area contributed by atoms with Crippen LogP contribution in [0.2, 0.25) is 0 Å². The van der Waals surface area contributed by atoms with E-state index in [1.54, 1.807) is 6.92 Å². The average molecular weight is 353 g/mol. The number of halogens is 3. The van der Waals surface area contributed by atoms with Gasteiger partial charge < -0.3 is 0 Å². The Labute approximate surface area is 133 Å². The van der Waals surface area contributed by atoms with Crippen LogP contribution in [-0.4, -0.2) is 0 Å². The minimum atomic E-state index is -0.510. The molecule has 0 aliphatic rings. The number of aryl methyl sites for hydroxylation is 3. The second kappa shape index (κ2) is 6.69. The van der Waals surface area contributed by atoms with Gasteiger partial charge >= 0.3 is 0 Å². The van der Waals surface area contributed by atoms with Crippen LogP contribution in [0.3, 0.4) is 0 Å². The summed E-state index contributed by atoms with van der Waals surface area (Å²) < 4.78 is 28.5. The van der Waals surface area contributed by atoms with Gasteiger partial charge in [0.2, 0.25) is 0 Å². The van der Waals surface area contributed by atoms with Crippen molar-refractivity contribution in [3.05, 3.63) is 69.8 Å². The van der Waals surface area contributed by atoms with Gasteiger partial charge in [-0.3, -0.25) is 0 Å². The first-order chi connectivity index (χ1) is 9.99. The van der Waals surface area contributed by atoms with E-state index in [-0.39, 0.29) is 5.56 Å². The van der Waals surface area contributed by atoms with Gasteiger partial charge in [-0.1, -0.05) is 54.0 Å². The quantitative estimate of drug-likeness (QED) is 0.602. The summed E-state index contributed by atoms with van der Waals surface area (Å²) in [5.41, 5.74) is 3.77. The Morgan fingerprint density at radius 3 is 2.38 bits per heavy atom. The molecule has 0 saturated carbocycles. The Morgan fingerprint density at radius 2 is 1.76 bits per heavy atom. The minimum Gasteiger partial charge on any atom is -0.207 e. The summed E-state index contributed by atoms with van der Waals surface area (Å²) >= 11 is 3.50. The summed E-state index contributed by atoms with van der Waals surface area (Å²) in [4.78, 5) is -0.473. The van der Waals surface area contributed by atoms with Gasteiger partial charge in [0.1, 0.15) is 11.6 Å². The molecule has 21 heavy (non-hydrogen) atoms. The zero-order chi connectivity index (χ0) is 15.6. The first kappa shape index (κ1) is 16.2. The first-order valence-electron chi connectivity index (χ1n) is 7.19. The predicted molar refractivity (Wildman–Crippen MR) is 87.1 cm³/mol. The number of hydrogen-bond acceptors (Lipinski definition) is 0. The van der Waals surface area contributed by atoms with Crippen LogP contribution in [0.5, 0.6) is 0 Å². The molecular formula is C18H19BrF2. The van der Waals surface area contributed by atoms with Gasteiger partial charge in [0.15, 0.2) is 0 Å². The van der Waals surface area contributed by atoms with Crippen molar-refractivity contribution in [3.63, 3.8) is 0 Å². The second-order valence-electron chi connectivity index (χ2n) is 5.19. The molecule has 3 heteroatoms. The SMILES string of the molecule is CCc1ccc(CC)c(C(Br)c2c(F)ccc(C)c2F)c1. The lowest BCUT2D eigenvalue weighted by atomic mass is 9.94. The molecular weight excluding hydrogens is 334 g/mol. The molecule has 0 saturated heterocycles. The molecule has 0 aliphatic heterocycles. The van der Waals surface area contributed by atoms with Crippen LogP contribution in [0.1, 0.15) is 46.5 Å². The topological polar surface area (TPSA) is 0 Å². The molecule has 0 aromatic heterocycles.